The van der Waals surface area contributed by atoms with Crippen molar-refractivity contribution in [2.75, 3.05) is 6.26 Å². The minimum atomic E-state index is -0.463. The molecule has 3 N–H and O–H groups in total. The molecule has 0 bridgehead atoms. The molecular weight excluding hydrogens is 162 g/mol. The number of carbonyl (C=O) groups excluding carboxylic acids is 1. The Morgan fingerprint density at radius 1 is 1.73 bits per heavy atom. The number of imidazole rings is 1. The minimum absolute atomic E-state index is 0.398. The Morgan fingerprint density at radius 2 is 2.36 bits per heavy atom. The summed E-state index contributed by atoms with van der Waals surface area (Å²) in [5.41, 5.74) is 5.48. The predicted molar refractivity (Wildman–Crippen MR) is 43.6 cm³/mol. The van der Waals surface area contributed by atoms with Crippen molar-refractivity contribution in [3.05, 3.63) is 11.5 Å². The van der Waals surface area contributed by atoms with Gasteiger partial charge in [-0.2, -0.15) is 0 Å². The van der Waals surface area contributed by atoms with Crippen molar-refractivity contribution in [1.29, 1.82) is 0 Å². The average Bonchev–Trinajstić information content (AvgIpc) is 2.30. The summed E-state index contributed by atoms with van der Waals surface area (Å²) in [4.78, 5) is 17.6. The highest BCUT2D eigenvalue weighted by molar-refractivity contribution is 7.98. The van der Waals surface area contributed by atoms with Crippen LogP contribution in [0.3, 0.4) is 0 Å². The van der Waals surface area contributed by atoms with Crippen LogP contribution in [0.1, 0.15) is 16.3 Å². The van der Waals surface area contributed by atoms with Gasteiger partial charge in [-0.05, 0) is 13.2 Å². The van der Waals surface area contributed by atoms with Crippen molar-refractivity contribution >= 4 is 17.7 Å². The van der Waals surface area contributed by atoms with Crippen LogP contribution in [-0.4, -0.2) is 22.1 Å². The zero-order valence-electron chi connectivity index (χ0n) is 6.34. The Labute approximate surface area is 68.6 Å². The van der Waals surface area contributed by atoms with E-state index in [1.165, 1.54) is 11.8 Å². The van der Waals surface area contributed by atoms with Gasteiger partial charge in [0.05, 0.1) is 0 Å². The molecule has 0 unspecified atom stereocenters. The third-order valence-electron chi connectivity index (χ3n) is 1.23. The molecular formula is C6H9N3OS. The zero-order chi connectivity index (χ0) is 8.43. The lowest BCUT2D eigenvalue weighted by atomic mass is 10.5. The van der Waals surface area contributed by atoms with Crippen molar-refractivity contribution in [1.82, 2.24) is 9.97 Å². The lowest BCUT2D eigenvalue weighted by Crippen LogP contribution is -2.12. The number of hydrogen-bond acceptors (Lipinski definition) is 3. The molecule has 0 radical (unpaired) electrons. The van der Waals surface area contributed by atoms with Gasteiger partial charge in [-0.3, -0.25) is 4.79 Å². The summed E-state index contributed by atoms with van der Waals surface area (Å²) in [7, 11) is 0. The second-order valence-corrected chi connectivity index (χ2v) is 2.87. The summed E-state index contributed by atoms with van der Waals surface area (Å²) in [6, 6.07) is 0. The van der Waals surface area contributed by atoms with Crippen LogP contribution in [0.4, 0.5) is 0 Å². The van der Waals surface area contributed by atoms with Crippen LogP contribution >= 0.6 is 11.8 Å². The molecule has 0 spiro atoms. The fourth-order valence-electron chi connectivity index (χ4n) is 0.785. The average molecular weight is 171 g/mol. The first-order valence-electron chi connectivity index (χ1n) is 3.05. The molecule has 0 saturated carbocycles. The lowest BCUT2D eigenvalue weighted by molar-refractivity contribution is 0.0993. The van der Waals surface area contributed by atoms with E-state index in [2.05, 4.69) is 9.97 Å². The molecule has 1 rings (SSSR count). The Balaban J connectivity index is 3.12. The number of amides is 1. The Hall–Kier alpha value is -0.970. The van der Waals surface area contributed by atoms with Crippen molar-refractivity contribution in [3.63, 3.8) is 0 Å². The number of nitrogens with zero attached hydrogens (tertiary/aromatic N) is 1. The summed E-state index contributed by atoms with van der Waals surface area (Å²) in [6.07, 6.45) is 1.85. The Bertz CT molecular complexity index is 281. The second kappa shape index (κ2) is 2.96. The highest BCUT2D eigenvalue weighted by Gasteiger charge is 2.11. The number of carbonyl (C=O) groups is 1. The van der Waals surface area contributed by atoms with Crippen molar-refractivity contribution in [2.45, 2.75) is 11.9 Å². The van der Waals surface area contributed by atoms with Crippen LogP contribution < -0.4 is 5.73 Å². The molecule has 0 aromatic carbocycles. The Morgan fingerprint density at radius 3 is 2.73 bits per heavy atom. The SMILES string of the molecule is CSc1nc(C)[nH]c1C(N)=O. The van der Waals surface area contributed by atoms with Crippen molar-refractivity contribution < 1.29 is 4.79 Å². The molecule has 0 fully saturated rings. The molecule has 5 heteroatoms. The third kappa shape index (κ3) is 1.54. The smallest absolute Gasteiger partial charge is 0.267 e. The van der Waals surface area contributed by atoms with Gasteiger partial charge in [0.25, 0.3) is 5.91 Å². The van der Waals surface area contributed by atoms with Crippen LogP contribution in [0.5, 0.6) is 0 Å². The highest BCUT2D eigenvalue weighted by Crippen LogP contribution is 2.16. The molecule has 1 heterocycles. The van der Waals surface area contributed by atoms with Crippen LogP contribution in [0.25, 0.3) is 0 Å². The number of H-pyrrole nitrogens is 1. The molecule has 0 saturated heterocycles. The van der Waals surface area contributed by atoms with Crippen molar-refractivity contribution in [2.24, 2.45) is 5.73 Å². The number of primary amides is 1. The van der Waals surface area contributed by atoms with Crippen LogP contribution in [0.15, 0.2) is 5.03 Å². The summed E-state index contributed by atoms with van der Waals surface area (Å²) in [5, 5.41) is 0.662. The predicted octanol–water partition coefficient (Wildman–Crippen LogP) is 0.539. The van der Waals surface area contributed by atoms with Gasteiger partial charge in [0.15, 0.2) is 0 Å². The van der Waals surface area contributed by atoms with Crippen LogP contribution in [0, 0.1) is 6.92 Å². The molecule has 1 aromatic heterocycles. The minimum Gasteiger partial charge on any atom is -0.364 e. The normalized spacial score (nSPS) is 10.0. The number of thioether (sulfide) groups is 1. The molecule has 1 aromatic rings. The van der Waals surface area contributed by atoms with E-state index in [1.807, 2.05) is 6.26 Å². The van der Waals surface area contributed by atoms with E-state index in [1.54, 1.807) is 6.92 Å². The standard InChI is InChI=1S/C6H9N3OS/c1-3-8-4(5(7)10)6(9-3)11-2/h1-2H3,(H2,7,10)(H,8,9). The third-order valence-corrected chi connectivity index (χ3v) is 1.91. The van der Waals surface area contributed by atoms with Gasteiger partial charge in [0, 0.05) is 0 Å². The molecule has 0 aliphatic carbocycles. The number of nitrogens with two attached hydrogens (primary N) is 1. The van der Waals surface area contributed by atoms with Crippen LogP contribution in [0.2, 0.25) is 0 Å². The van der Waals surface area contributed by atoms with Gasteiger partial charge in [-0.1, -0.05) is 0 Å². The number of aryl methyl sites for hydroxylation is 1. The molecule has 11 heavy (non-hydrogen) atoms. The first kappa shape index (κ1) is 8.13. The summed E-state index contributed by atoms with van der Waals surface area (Å²) >= 11 is 1.40. The van der Waals surface area contributed by atoms with E-state index in [9.17, 15) is 4.79 Å². The zero-order valence-corrected chi connectivity index (χ0v) is 7.16. The van der Waals surface area contributed by atoms with Gasteiger partial charge in [0.2, 0.25) is 0 Å². The number of hydrogen-bond donors (Lipinski definition) is 2. The fourth-order valence-corrected chi connectivity index (χ4v) is 1.37. The van der Waals surface area contributed by atoms with E-state index in [-0.39, 0.29) is 0 Å². The number of aromatic nitrogens is 2. The summed E-state index contributed by atoms with van der Waals surface area (Å²) < 4.78 is 0. The molecule has 60 valence electrons. The maximum absolute atomic E-state index is 10.7. The first-order valence-corrected chi connectivity index (χ1v) is 4.28. The first-order chi connectivity index (χ1) is 5.15. The molecule has 0 aliphatic rings. The monoisotopic (exact) mass is 171 g/mol. The summed E-state index contributed by atoms with van der Waals surface area (Å²) in [6.45, 7) is 1.78. The van der Waals surface area contributed by atoms with Gasteiger partial charge in [-0.25, -0.2) is 4.98 Å². The Kier molecular flexibility index (Phi) is 2.19. The molecule has 0 atom stereocenters. The van der Waals surface area contributed by atoms with E-state index >= 15 is 0 Å². The molecule has 1 amide bonds. The van der Waals surface area contributed by atoms with E-state index in [0.717, 1.165) is 0 Å². The quantitative estimate of drug-likeness (QED) is 0.638. The summed E-state index contributed by atoms with van der Waals surface area (Å²) in [5.74, 6) is 0.248. The van der Waals surface area contributed by atoms with E-state index < -0.39 is 5.91 Å². The number of nitrogens with one attached hydrogen (secondary N) is 1. The highest BCUT2D eigenvalue weighted by atomic mass is 32.2. The van der Waals surface area contributed by atoms with Crippen LogP contribution in [-0.2, 0) is 0 Å². The van der Waals surface area contributed by atoms with Crippen molar-refractivity contribution in [3.8, 4) is 0 Å². The van der Waals surface area contributed by atoms with E-state index in [0.29, 0.717) is 16.5 Å². The lowest BCUT2D eigenvalue weighted by Gasteiger charge is -1.90. The van der Waals surface area contributed by atoms with Gasteiger partial charge in [0.1, 0.15) is 16.5 Å². The maximum Gasteiger partial charge on any atom is 0.267 e. The maximum atomic E-state index is 10.7. The largest absolute Gasteiger partial charge is 0.364 e. The topological polar surface area (TPSA) is 71.8 Å². The van der Waals surface area contributed by atoms with Gasteiger partial charge in [-0.15, -0.1) is 11.8 Å². The van der Waals surface area contributed by atoms with Gasteiger partial charge < -0.3 is 10.7 Å². The number of aromatic amines is 1. The molecule has 4 nitrogen and oxygen atoms in total. The number of rotatable bonds is 2. The van der Waals surface area contributed by atoms with E-state index in [4.69, 9.17) is 5.73 Å². The molecule has 0 aliphatic heterocycles. The van der Waals surface area contributed by atoms with Gasteiger partial charge >= 0.3 is 0 Å². The second-order valence-electron chi connectivity index (χ2n) is 2.07. The fraction of sp³-hybridized carbons (Fsp3) is 0.333.